The average Bonchev–Trinajstić information content (AvgIpc) is 2.39. The Hall–Kier alpha value is -0.860. The van der Waals surface area contributed by atoms with Crippen LogP contribution in [-0.2, 0) is 0 Å². The van der Waals surface area contributed by atoms with E-state index >= 15 is 0 Å². The zero-order valence-electron chi connectivity index (χ0n) is 11.7. The van der Waals surface area contributed by atoms with E-state index < -0.39 is 0 Å². The van der Waals surface area contributed by atoms with Crippen molar-refractivity contribution in [1.82, 2.24) is 10.2 Å². The molecule has 0 aromatic heterocycles. The van der Waals surface area contributed by atoms with Gasteiger partial charge >= 0.3 is 0 Å². The fraction of sp³-hybridized carbons (Fsp3) is 0.625. The maximum absolute atomic E-state index is 3.64. The summed E-state index contributed by atoms with van der Waals surface area (Å²) in [5.74, 6) is 0. The number of benzene rings is 1. The highest BCUT2D eigenvalue weighted by Crippen LogP contribution is 2.21. The van der Waals surface area contributed by atoms with Gasteiger partial charge in [-0.25, -0.2) is 0 Å². The van der Waals surface area contributed by atoms with Gasteiger partial charge in [0, 0.05) is 18.6 Å². The lowest BCUT2D eigenvalue weighted by Gasteiger charge is -2.33. The largest absolute Gasteiger partial charge is 0.314 e. The standard InChI is InChI=1S/C16H26N2/c1-3-16-10-13-18(12-7-11-17-16)14(2)15-8-5-4-6-9-15/h4-6,8-9,14,16-17H,3,7,10-13H2,1-2H3. The summed E-state index contributed by atoms with van der Waals surface area (Å²) in [4.78, 5) is 2.64. The predicted molar refractivity (Wildman–Crippen MR) is 77.7 cm³/mol. The molecule has 1 aliphatic heterocycles. The second kappa shape index (κ2) is 6.91. The van der Waals surface area contributed by atoms with Crippen molar-refractivity contribution in [3.63, 3.8) is 0 Å². The summed E-state index contributed by atoms with van der Waals surface area (Å²) in [6.45, 7) is 8.20. The highest BCUT2D eigenvalue weighted by atomic mass is 15.2. The highest BCUT2D eigenvalue weighted by Gasteiger charge is 2.18. The predicted octanol–water partition coefficient (Wildman–Crippen LogP) is 3.21. The summed E-state index contributed by atoms with van der Waals surface area (Å²) in [6, 6.07) is 12.1. The number of nitrogens with zero attached hydrogens (tertiary/aromatic N) is 1. The first-order chi connectivity index (χ1) is 8.81. The topological polar surface area (TPSA) is 15.3 Å². The molecule has 2 unspecified atom stereocenters. The summed E-state index contributed by atoms with van der Waals surface area (Å²) in [6.07, 6.45) is 3.77. The third kappa shape index (κ3) is 3.56. The van der Waals surface area contributed by atoms with E-state index in [0.29, 0.717) is 12.1 Å². The lowest BCUT2D eigenvalue weighted by Crippen LogP contribution is -2.40. The number of rotatable bonds is 3. The zero-order valence-corrected chi connectivity index (χ0v) is 11.7. The number of hydrogen-bond donors (Lipinski definition) is 1. The Balaban J connectivity index is 1.98. The Kier molecular flexibility index (Phi) is 5.21. The molecule has 2 nitrogen and oxygen atoms in total. The van der Waals surface area contributed by atoms with Crippen LogP contribution in [0.4, 0.5) is 0 Å². The lowest BCUT2D eigenvalue weighted by atomic mass is 10.0. The molecule has 1 fully saturated rings. The fourth-order valence-corrected chi connectivity index (χ4v) is 2.80. The first-order valence-corrected chi connectivity index (χ1v) is 7.33. The maximum atomic E-state index is 3.64. The molecule has 0 saturated carbocycles. The van der Waals surface area contributed by atoms with Crippen molar-refractivity contribution in [3.05, 3.63) is 35.9 Å². The number of nitrogens with one attached hydrogen (secondary N) is 1. The van der Waals surface area contributed by atoms with E-state index in [4.69, 9.17) is 0 Å². The molecule has 1 aromatic rings. The van der Waals surface area contributed by atoms with Crippen LogP contribution in [-0.4, -0.2) is 30.6 Å². The van der Waals surface area contributed by atoms with E-state index in [2.05, 4.69) is 54.4 Å². The Morgan fingerprint density at radius 3 is 2.78 bits per heavy atom. The van der Waals surface area contributed by atoms with Crippen LogP contribution in [0, 0.1) is 0 Å². The molecule has 1 aromatic carbocycles. The molecule has 1 saturated heterocycles. The second-order valence-electron chi connectivity index (χ2n) is 5.32. The summed E-state index contributed by atoms with van der Waals surface area (Å²) < 4.78 is 0. The Labute approximate surface area is 111 Å². The first-order valence-electron chi connectivity index (χ1n) is 7.33. The Bertz CT molecular complexity index is 336. The molecule has 1 heterocycles. The van der Waals surface area contributed by atoms with E-state index in [0.717, 1.165) is 6.54 Å². The molecule has 2 rings (SSSR count). The van der Waals surface area contributed by atoms with Gasteiger partial charge in [-0.3, -0.25) is 4.90 Å². The van der Waals surface area contributed by atoms with Gasteiger partial charge in [-0.05, 0) is 44.8 Å². The van der Waals surface area contributed by atoms with Gasteiger partial charge in [-0.15, -0.1) is 0 Å². The Morgan fingerprint density at radius 2 is 2.06 bits per heavy atom. The average molecular weight is 246 g/mol. The molecule has 2 atom stereocenters. The van der Waals surface area contributed by atoms with Crippen LogP contribution < -0.4 is 5.32 Å². The smallest absolute Gasteiger partial charge is 0.0319 e. The Morgan fingerprint density at radius 1 is 1.28 bits per heavy atom. The van der Waals surface area contributed by atoms with Crippen molar-refractivity contribution in [2.24, 2.45) is 0 Å². The third-order valence-electron chi connectivity index (χ3n) is 4.14. The molecule has 0 amide bonds. The molecule has 100 valence electrons. The van der Waals surface area contributed by atoms with Crippen molar-refractivity contribution in [1.29, 1.82) is 0 Å². The molecule has 2 heteroatoms. The maximum Gasteiger partial charge on any atom is 0.0319 e. The van der Waals surface area contributed by atoms with Gasteiger partial charge in [0.15, 0.2) is 0 Å². The molecule has 0 radical (unpaired) electrons. The molecule has 0 aliphatic carbocycles. The minimum atomic E-state index is 0.543. The van der Waals surface area contributed by atoms with E-state index in [1.165, 1.54) is 37.9 Å². The molecule has 0 bridgehead atoms. The van der Waals surface area contributed by atoms with E-state index in [-0.39, 0.29) is 0 Å². The van der Waals surface area contributed by atoms with Crippen molar-refractivity contribution in [2.75, 3.05) is 19.6 Å². The van der Waals surface area contributed by atoms with Crippen LogP contribution in [0.1, 0.15) is 44.7 Å². The minimum Gasteiger partial charge on any atom is -0.314 e. The van der Waals surface area contributed by atoms with E-state index in [9.17, 15) is 0 Å². The monoisotopic (exact) mass is 246 g/mol. The normalized spacial score (nSPS) is 24.2. The molecule has 1 N–H and O–H groups in total. The molecule has 0 spiro atoms. The van der Waals surface area contributed by atoms with Crippen molar-refractivity contribution in [2.45, 2.75) is 45.2 Å². The van der Waals surface area contributed by atoms with E-state index in [1.54, 1.807) is 0 Å². The SMILES string of the molecule is CCC1CCN(C(C)c2ccccc2)CCCN1. The summed E-state index contributed by atoms with van der Waals surface area (Å²) in [5, 5.41) is 3.64. The first kappa shape index (κ1) is 13.6. The van der Waals surface area contributed by atoms with Gasteiger partial charge < -0.3 is 5.32 Å². The second-order valence-corrected chi connectivity index (χ2v) is 5.32. The quantitative estimate of drug-likeness (QED) is 0.881. The summed E-state index contributed by atoms with van der Waals surface area (Å²) >= 11 is 0. The van der Waals surface area contributed by atoms with E-state index in [1.807, 2.05) is 0 Å². The van der Waals surface area contributed by atoms with Crippen molar-refractivity contribution >= 4 is 0 Å². The van der Waals surface area contributed by atoms with Crippen LogP contribution >= 0.6 is 0 Å². The van der Waals surface area contributed by atoms with Gasteiger partial charge in [0.2, 0.25) is 0 Å². The summed E-state index contributed by atoms with van der Waals surface area (Å²) in [7, 11) is 0. The lowest BCUT2D eigenvalue weighted by molar-refractivity contribution is 0.181. The van der Waals surface area contributed by atoms with Gasteiger partial charge in [0.1, 0.15) is 0 Å². The van der Waals surface area contributed by atoms with Crippen LogP contribution in [0.3, 0.4) is 0 Å². The minimum absolute atomic E-state index is 0.543. The molecule has 1 aliphatic rings. The highest BCUT2D eigenvalue weighted by molar-refractivity contribution is 5.18. The third-order valence-corrected chi connectivity index (χ3v) is 4.14. The molecule has 18 heavy (non-hydrogen) atoms. The van der Waals surface area contributed by atoms with Gasteiger partial charge in [0.25, 0.3) is 0 Å². The van der Waals surface area contributed by atoms with Crippen LogP contribution in [0.5, 0.6) is 0 Å². The van der Waals surface area contributed by atoms with Gasteiger partial charge in [-0.1, -0.05) is 37.3 Å². The zero-order chi connectivity index (χ0) is 12.8. The van der Waals surface area contributed by atoms with Crippen molar-refractivity contribution in [3.8, 4) is 0 Å². The van der Waals surface area contributed by atoms with Crippen molar-refractivity contribution < 1.29 is 0 Å². The number of hydrogen-bond acceptors (Lipinski definition) is 2. The van der Waals surface area contributed by atoms with Crippen LogP contribution in [0.15, 0.2) is 30.3 Å². The fourth-order valence-electron chi connectivity index (χ4n) is 2.80. The van der Waals surface area contributed by atoms with Crippen LogP contribution in [0.25, 0.3) is 0 Å². The molecular formula is C16H26N2. The van der Waals surface area contributed by atoms with Crippen LogP contribution in [0.2, 0.25) is 0 Å². The van der Waals surface area contributed by atoms with Gasteiger partial charge in [-0.2, -0.15) is 0 Å². The molecular weight excluding hydrogens is 220 g/mol. The summed E-state index contributed by atoms with van der Waals surface area (Å²) in [5.41, 5.74) is 1.44. The van der Waals surface area contributed by atoms with Gasteiger partial charge in [0.05, 0.1) is 0 Å².